The lowest BCUT2D eigenvalue weighted by Gasteiger charge is -2.15. The van der Waals surface area contributed by atoms with E-state index in [2.05, 4.69) is 10.4 Å². The van der Waals surface area contributed by atoms with Gasteiger partial charge in [0.15, 0.2) is 5.76 Å². The van der Waals surface area contributed by atoms with Gasteiger partial charge in [-0.05, 0) is 42.7 Å². The number of amides is 1. The first kappa shape index (κ1) is 14.4. The van der Waals surface area contributed by atoms with Crippen LogP contribution in [0.2, 0.25) is 0 Å². The Kier molecular flexibility index (Phi) is 3.49. The predicted molar refractivity (Wildman–Crippen MR) is 88.6 cm³/mol. The second kappa shape index (κ2) is 5.81. The van der Waals surface area contributed by atoms with Crippen molar-refractivity contribution in [3.05, 3.63) is 70.7 Å². The summed E-state index contributed by atoms with van der Waals surface area (Å²) < 4.78 is 6.57. The highest BCUT2D eigenvalue weighted by molar-refractivity contribution is 5.95. The highest BCUT2D eigenvalue weighted by atomic mass is 16.3. The molecular weight excluding hydrogens is 306 g/mol. The molecule has 0 aliphatic carbocycles. The first-order valence-electron chi connectivity index (χ1n) is 7.75. The van der Waals surface area contributed by atoms with Gasteiger partial charge in [-0.1, -0.05) is 18.2 Å². The molecule has 1 aliphatic rings. The second-order valence-electron chi connectivity index (χ2n) is 5.68. The Hall–Kier alpha value is -3.15. The molecule has 6 nitrogen and oxygen atoms in total. The molecule has 1 atom stereocenters. The summed E-state index contributed by atoms with van der Waals surface area (Å²) in [6.45, 7) is 0. The number of aromatic nitrogens is 2. The van der Waals surface area contributed by atoms with E-state index in [1.807, 2.05) is 24.3 Å². The van der Waals surface area contributed by atoms with Crippen LogP contribution in [0.4, 0.5) is 5.69 Å². The highest BCUT2D eigenvalue weighted by Crippen LogP contribution is 2.26. The molecule has 0 radical (unpaired) electrons. The van der Waals surface area contributed by atoms with Crippen molar-refractivity contribution in [1.82, 2.24) is 9.78 Å². The van der Waals surface area contributed by atoms with E-state index in [1.54, 1.807) is 24.5 Å². The fourth-order valence-electron chi connectivity index (χ4n) is 2.94. The zero-order valence-electron chi connectivity index (χ0n) is 12.8. The Bertz CT molecular complexity index is 944. The molecule has 0 saturated carbocycles. The van der Waals surface area contributed by atoms with Crippen molar-refractivity contribution >= 4 is 11.6 Å². The lowest BCUT2D eigenvalue weighted by molar-refractivity contribution is -0.119. The van der Waals surface area contributed by atoms with Gasteiger partial charge >= 0.3 is 0 Å². The van der Waals surface area contributed by atoms with E-state index in [0.29, 0.717) is 24.3 Å². The molecule has 0 fully saturated rings. The number of furan rings is 1. The number of nitrogens with one attached hydrogen (secondary N) is 1. The number of carbonyl (C=O) groups excluding carboxylic acids is 1. The van der Waals surface area contributed by atoms with Crippen LogP contribution >= 0.6 is 0 Å². The molecule has 3 heterocycles. The number of anilines is 1. The Morgan fingerprint density at radius 2 is 1.96 bits per heavy atom. The van der Waals surface area contributed by atoms with Crippen LogP contribution in [-0.4, -0.2) is 15.7 Å². The van der Waals surface area contributed by atoms with Crippen LogP contribution in [0.5, 0.6) is 0 Å². The van der Waals surface area contributed by atoms with Crippen LogP contribution < -0.4 is 10.9 Å². The largest absolute Gasteiger partial charge is 0.463 e. The highest BCUT2D eigenvalue weighted by Gasteiger charge is 2.27. The van der Waals surface area contributed by atoms with Gasteiger partial charge in [-0.3, -0.25) is 9.59 Å². The molecule has 1 amide bonds. The van der Waals surface area contributed by atoms with Crippen molar-refractivity contribution < 1.29 is 9.21 Å². The van der Waals surface area contributed by atoms with Crippen molar-refractivity contribution in [2.24, 2.45) is 0 Å². The molecule has 1 aliphatic heterocycles. The maximum atomic E-state index is 12.6. The average Bonchev–Trinajstić information content (AvgIpc) is 3.07. The smallest absolute Gasteiger partial charge is 0.267 e. The minimum atomic E-state index is -0.653. The molecule has 1 N–H and O–H groups in total. The average molecular weight is 321 g/mol. The summed E-state index contributed by atoms with van der Waals surface area (Å²) in [6.07, 6.45) is 2.75. The third-order valence-electron chi connectivity index (χ3n) is 4.16. The summed E-state index contributed by atoms with van der Waals surface area (Å²) in [5.41, 5.74) is 2.06. The number of carbonyl (C=O) groups is 1. The Morgan fingerprint density at radius 1 is 1.08 bits per heavy atom. The van der Waals surface area contributed by atoms with Crippen LogP contribution in [0.1, 0.15) is 18.0 Å². The fourth-order valence-corrected chi connectivity index (χ4v) is 2.94. The standard InChI is InChI=1S/C18H15N3O3/c22-17-10-8-14(16-6-3-11-24-16)20-21(17)15-9-7-12-4-1-2-5-13(12)19-18(15)23/h1-6,8,10-11,15H,7,9H2,(H,19,23)/t15-/m0/s1. The quantitative estimate of drug-likeness (QED) is 0.787. The van der Waals surface area contributed by atoms with Gasteiger partial charge in [-0.25, -0.2) is 4.68 Å². The first-order valence-corrected chi connectivity index (χ1v) is 7.75. The maximum absolute atomic E-state index is 12.6. The topological polar surface area (TPSA) is 77.1 Å². The van der Waals surface area contributed by atoms with Crippen LogP contribution in [0, 0.1) is 0 Å². The van der Waals surface area contributed by atoms with E-state index >= 15 is 0 Å². The van der Waals surface area contributed by atoms with Gasteiger partial charge in [-0.2, -0.15) is 5.10 Å². The second-order valence-corrected chi connectivity index (χ2v) is 5.68. The molecule has 4 rings (SSSR count). The van der Waals surface area contributed by atoms with Gasteiger partial charge in [0.1, 0.15) is 11.7 Å². The van der Waals surface area contributed by atoms with E-state index in [4.69, 9.17) is 4.42 Å². The van der Waals surface area contributed by atoms with Crippen molar-refractivity contribution in [3.8, 4) is 11.5 Å². The molecule has 0 unspecified atom stereocenters. The molecule has 3 aromatic rings. The minimum absolute atomic E-state index is 0.230. The number of nitrogens with zero attached hydrogens (tertiary/aromatic N) is 2. The summed E-state index contributed by atoms with van der Waals surface area (Å²) in [5.74, 6) is 0.326. The number of hydrogen-bond donors (Lipinski definition) is 1. The normalized spacial score (nSPS) is 17.0. The van der Waals surface area contributed by atoms with Crippen molar-refractivity contribution in [2.45, 2.75) is 18.9 Å². The zero-order chi connectivity index (χ0) is 16.5. The number of fused-ring (bicyclic) bond motifs is 1. The molecule has 24 heavy (non-hydrogen) atoms. The van der Waals surface area contributed by atoms with Crippen molar-refractivity contribution in [1.29, 1.82) is 0 Å². The van der Waals surface area contributed by atoms with Crippen LogP contribution in [0.25, 0.3) is 11.5 Å². The summed E-state index contributed by atoms with van der Waals surface area (Å²) in [4.78, 5) is 24.9. The van der Waals surface area contributed by atoms with Crippen molar-refractivity contribution in [2.75, 3.05) is 5.32 Å². The van der Waals surface area contributed by atoms with E-state index in [-0.39, 0.29) is 11.5 Å². The Labute approximate surface area is 137 Å². The molecule has 120 valence electrons. The maximum Gasteiger partial charge on any atom is 0.267 e. The van der Waals surface area contributed by atoms with Gasteiger partial charge in [0.25, 0.3) is 5.56 Å². The third-order valence-corrected chi connectivity index (χ3v) is 4.16. The zero-order valence-corrected chi connectivity index (χ0v) is 12.8. The summed E-state index contributed by atoms with van der Waals surface area (Å²) >= 11 is 0. The van der Waals surface area contributed by atoms with Gasteiger partial charge in [-0.15, -0.1) is 0 Å². The summed E-state index contributed by atoms with van der Waals surface area (Å²) in [5, 5.41) is 7.23. The van der Waals surface area contributed by atoms with Gasteiger partial charge in [0, 0.05) is 11.8 Å². The molecule has 2 aromatic heterocycles. The number of para-hydroxylation sites is 1. The molecule has 0 bridgehead atoms. The number of hydrogen-bond acceptors (Lipinski definition) is 4. The molecule has 1 aromatic carbocycles. The summed E-state index contributed by atoms with van der Waals surface area (Å²) in [6, 6.07) is 13.5. The fraction of sp³-hybridized carbons (Fsp3) is 0.167. The third kappa shape index (κ3) is 2.52. The number of aryl methyl sites for hydroxylation is 1. The van der Waals surface area contributed by atoms with Crippen LogP contribution in [0.3, 0.4) is 0 Å². The van der Waals surface area contributed by atoms with Crippen molar-refractivity contribution in [3.63, 3.8) is 0 Å². The van der Waals surface area contributed by atoms with E-state index < -0.39 is 6.04 Å². The lowest BCUT2D eigenvalue weighted by Crippen LogP contribution is -2.34. The monoisotopic (exact) mass is 321 g/mol. The lowest BCUT2D eigenvalue weighted by atomic mass is 10.1. The van der Waals surface area contributed by atoms with Gasteiger partial charge in [0.2, 0.25) is 5.91 Å². The summed E-state index contributed by atoms with van der Waals surface area (Å²) in [7, 11) is 0. The van der Waals surface area contributed by atoms with E-state index in [1.165, 1.54) is 10.7 Å². The SMILES string of the molecule is O=C1Nc2ccccc2CC[C@@H]1n1nc(-c2ccco2)ccc1=O. The predicted octanol–water partition coefficient (Wildman–Crippen LogP) is 2.63. The van der Waals surface area contributed by atoms with Gasteiger partial charge < -0.3 is 9.73 Å². The van der Waals surface area contributed by atoms with E-state index in [9.17, 15) is 9.59 Å². The molecule has 0 spiro atoms. The Balaban J connectivity index is 1.73. The van der Waals surface area contributed by atoms with E-state index in [0.717, 1.165) is 11.3 Å². The molecular formula is C18H15N3O3. The first-order chi connectivity index (χ1) is 11.7. The van der Waals surface area contributed by atoms with Crippen LogP contribution in [0.15, 0.2) is 64.0 Å². The van der Waals surface area contributed by atoms with Crippen LogP contribution in [-0.2, 0) is 11.2 Å². The molecule has 0 saturated heterocycles. The Morgan fingerprint density at radius 3 is 2.79 bits per heavy atom. The molecule has 6 heteroatoms. The van der Waals surface area contributed by atoms with Gasteiger partial charge in [0.05, 0.1) is 6.26 Å². The minimum Gasteiger partial charge on any atom is -0.463 e. The number of benzene rings is 1. The number of rotatable bonds is 2.